The summed E-state index contributed by atoms with van der Waals surface area (Å²) in [6, 6.07) is 7.86. The van der Waals surface area contributed by atoms with Crippen molar-refractivity contribution < 1.29 is 19.1 Å². The lowest BCUT2D eigenvalue weighted by Gasteiger charge is -2.35. The molecule has 138 valence electrons. The van der Waals surface area contributed by atoms with Crippen molar-refractivity contribution in [1.82, 2.24) is 9.80 Å². The number of rotatable bonds is 6. The van der Waals surface area contributed by atoms with E-state index in [0.717, 1.165) is 0 Å². The summed E-state index contributed by atoms with van der Waals surface area (Å²) < 4.78 is 10.7. The molecule has 1 aliphatic rings. The average molecular weight is 348 g/mol. The first-order valence-electron chi connectivity index (χ1n) is 8.74. The predicted octanol–water partition coefficient (Wildman–Crippen LogP) is 1.89. The largest absolute Gasteiger partial charge is 0.481 e. The molecule has 1 unspecified atom stereocenters. The van der Waals surface area contributed by atoms with Gasteiger partial charge in [0.15, 0.2) is 6.10 Å². The van der Waals surface area contributed by atoms with E-state index in [0.29, 0.717) is 37.8 Å². The Morgan fingerprint density at radius 2 is 1.56 bits per heavy atom. The van der Waals surface area contributed by atoms with Gasteiger partial charge in [-0.3, -0.25) is 9.59 Å². The van der Waals surface area contributed by atoms with E-state index in [-0.39, 0.29) is 18.4 Å². The lowest BCUT2D eigenvalue weighted by Crippen LogP contribution is -2.53. The third-order valence-corrected chi connectivity index (χ3v) is 4.42. The molecule has 0 radical (unpaired) electrons. The van der Waals surface area contributed by atoms with Crippen LogP contribution in [0.15, 0.2) is 24.3 Å². The van der Waals surface area contributed by atoms with Crippen LogP contribution < -0.4 is 4.74 Å². The summed E-state index contributed by atoms with van der Waals surface area (Å²) in [4.78, 5) is 27.8. The van der Waals surface area contributed by atoms with Crippen LogP contribution in [-0.2, 0) is 14.3 Å². The normalized spacial score (nSPS) is 16.0. The minimum absolute atomic E-state index is 0.0378. The van der Waals surface area contributed by atoms with Crippen molar-refractivity contribution in [1.29, 1.82) is 0 Å². The number of hydrogen-bond donors (Lipinski definition) is 0. The van der Waals surface area contributed by atoms with E-state index in [4.69, 9.17) is 9.47 Å². The highest BCUT2D eigenvalue weighted by atomic mass is 16.5. The van der Waals surface area contributed by atoms with Gasteiger partial charge in [-0.05, 0) is 30.5 Å². The van der Waals surface area contributed by atoms with E-state index in [1.54, 1.807) is 16.7 Å². The van der Waals surface area contributed by atoms with Crippen molar-refractivity contribution in [2.75, 3.05) is 39.9 Å². The van der Waals surface area contributed by atoms with Gasteiger partial charge in [-0.1, -0.05) is 26.0 Å². The summed E-state index contributed by atoms with van der Waals surface area (Å²) in [7, 11) is 1.50. The third-order valence-electron chi connectivity index (χ3n) is 4.42. The fourth-order valence-corrected chi connectivity index (χ4v) is 2.83. The van der Waals surface area contributed by atoms with Crippen LogP contribution in [0.4, 0.5) is 0 Å². The fourth-order valence-electron chi connectivity index (χ4n) is 2.83. The number of benzene rings is 1. The Morgan fingerprint density at radius 1 is 1.00 bits per heavy atom. The van der Waals surface area contributed by atoms with E-state index in [2.05, 4.69) is 13.8 Å². The smallest absolute Gasteiger partial charge is 0.263 e. The third kappa shape index (κ3) is 5.19. The molecule has 0 N–H and O–H groups in total. The topological polar surface area (TPSA) is 59.1 Å². The summed E-state index contributed by atoms with van der Waals surface area (Å²) in [5.74, 6) is 1.07. The lowest BCUT2D eigenvalue weighted by atomic mass is 10.0. The second-order valence-electron chi connectivity index (χ2n) is 6.62. The zero-order valence-corrected chi connectivity index (χ0v) is 15.5. The molecule has 2 rings (SSSR count). The van der Waals surface area contributed by atoms with Gasteiger partial charge < -0.3 is 19.3 Å². The van der Waals surface area contributed by atoms with Crippen LogP contribution in [-0.4, -0.2) is 67.6 Å². The van der Waals surface area contributed by atoms with Gasteiger partial charge in [-0.2, -0.15) is 0 Å². The first-order chi connectivity index (χ1) is 11.9. The van der Waals surface area contributed by atoms with Crippen molar-refractivity contribution in [3.8, 4) is 5.75 Å². The molecule has 2 amide bonds. The van der Waals surface area contributed by atoms with Gasteiger partial charge in [-0.25, -0.2) is 0 Å². The van der Waals surface area contributed by atoms with Gasteiger partial charge in [0, 0.05) is 33.3 Å². The molecule has 0 bridgehead atoms. The maximum absolute atomic E-state index is 12.6. The quantitative estimate of drug-likeness (QED) is 0.788. The van der Waals surface area contributed by atoms with Gasteiger partial charge in [0.05, 0.1) is 0 Å². The Bertz CT molecular complexity index is 578. The minimum atomic E-state index is -0.550. The molecule has 0 aliphatic carbocycles. The molecule has 6 heteroatoms. The molecule has 1 aromatic carbocycles. The molecule has 25 heavy (non-hydrogen) atoms. The second-order valence-corrected chi connectivity index (χ2v) is 6.62. The summed E-state index contributed by atoms with van der Waals surface area (Å²) in [6.07, 6.45) is -0.550. The number of carbonyl (C=O) groups is 2. The van der Waals surface area contributed by atoms with Crippen molar-refractivity contribution >= 4 is 11.8 Å². The van der Waals surface area contributed by atoms with Crippen molar-refractivity contribution in [2.45, 2.75) is 32.8 Å². The SMILES string of the molecule is COCC(=O)N1CCN(C(=O)C(C)Oc2ccc(C(C)C)cc2)CC1. The second kappa shape index (κ2) is 8.85. The van der Waals surface area contributed by atoms with Crippen LogP contribution in [0.5, 0.6) is 5.75 Å². The number of methoxy groups -OCH3 is 1. The Labute approximate surface area is 149 Å². The van der Waals surface area contributed by atoms with Crippen LogP contribution in [0.25, 0.3) is 0 Å². The number of hydrogen-bond acceptors (Lipinski definition) is 4. The van der Waals surface area contributed by atoms with E-state index in [1.807, 2.05) is 24.3 Å². The van der Waals surface area contributed by atoms with E-state index in [1.165, 1.54) is 12.7 Å². The monoisotopic (exact) mass is 348 g/mol. The Balaban J connectivity index is 1.85. The van der Waals surface area contributed by atoms with Crippen molar-refractivity contribution in [3.63, 3.8) is 0 Å². The molecule has 1 heterocycles. The first kappa shape index (κ1) is 19.2. The van der Waals surface area contributed by atoms with Gasteiger partial charge in [0.2, 0.25) is 5.91 Å². The zero-order valence-electron chi connectivity index (χ0n) is 15.5. The standard InChI is InChI=1S/C19H28N2O4/c1-14(2)16-5-7-17(8-6-16)25-15(3)19(23)21-11-9-20(10-12-21)18(22)13-24-4/h5-8,14-15H,9-13H2,1-4H3. The number of piperazine rings is 1. The number of carbonyl (C=O) groups excluding carboxylic acids is 2. The highest BCUT2D eigenvalue weighted by Crippen LogP contribution is 2.20. The molecule has 6 nitrogen and oxygen atoms in total. The zero-order chi connectivity index (χ0) is 18.4. The summed E-state index contributed by atoms with van der Waals surface area (Å²) >= 11 is 0. The Morgan fingerprint density at radius 3 is 2.08 bits per heavy atom. The van der Waals surface area contributed by atoms with Crippen LogP contribution in [0.2, 0.25) is 0 Å². The maximum Gasteiger partial charge on any atom is 0.263 e. The molecule has 1 fully saturated rings. The fraction of sp³-hybridized carbons (Fsp3) is 0.579. The van der Waals surface area contributed by atoms with E-state index < -0.39 is 6.10 Å². The first-order valence-corrected chi connectivity index (χ1v) is 8.74. The number of nitrogens with zero attached hydrogens (tertiary/aromatic N) is 2. The molecule has 1 aromatic rings. The van der Waals surface area contributed by atoms with E-state index in [9.17, 15) is 9.59 Å². The van der Waals surface area contributed by atoms with Gasteiger partial charge >= 0.3 is 0 Å². The molecule has 0 saturated carbocycles. The number of ether oxygens (including phenoxy) is 2. The van der Waals surface area contributed by atoms with Crippen molar-refractivity contribution in [3.05, 3.63) is 29.8 Å². The number of amides is 2. The summed E-state index contributed by atoms with van der Waals surface area (Å²) in [5, 5.41) is 0. The van der Waals surface area contributed by atoms with Crippen molar-refractivity contribution in [2.24, 2.45) is 0 Å². The lowest BCUT2D eigenvalue weighted by molar-refractivity contribution is -0.145. The Kier molecular flexibility index (Phi) is 6.82. The molecular weight excluding hydrogens is 320 g/mol. The molecule has 1 saturated heterocycles. The van der Waals surface area contributed by atoms with Gasteiger partial charge in [0.1, 0.15) is 12.4 Å². The highest BCUT2D eigenvalue weighted by Gasteiger charge is 2.27. The molecule has 0 spiro atoms. The van der Waals surface area contributed by atoms with Crippen LogP contribution in [0.1, 0.15) is 32.3 Å². The van der Waals surface area contributed by atoms with Gasteiger partial charge in [0.25, 0.3) is 5.91 Å². The molecular formula is C19H28N2O4. The van der Waals surface area contributed by atoms with Crippen LogP contribution >= 0.6 is 0 Å². The van der Waals surface area contributed by atoms with Crippen LogP contribution in [0, 0.1) is 0 Å². The van der Waals surface area contributed by atoms with E-state index >= 15 is 0 Å². The summed E-state index contributed by atoms with van der Waals surface area (Å²) in [6.45, 7) is 8.23. The Hall–Kier alpha value is -2.08. The average Bonchev–Trinajstić information content (AvgIpc) is 2.61. The highest BCUT2D eigenvalue weighted by molar-refractivity contribution is 5.82. The summed E-state index contributed by atoms with van der Waals surface area (Å²) in [5.41, 5.74) is 1.24. The predicted molar refractivity (Wildman–Crippen MR) is 95.7 cm³/mol. The maximum atomic E-state index is 12.6. The van der Waals surface area contributed by atoms with Crippen LogP contribution in [0.3, 0.4) is 0 Å². The molecule has 1 aliphatic heterocycles. The molecule has 0 aromatic heterocycles. The molecule has 1 atom stereocenters. The minimum Gasteiger partial charge on any atom is -0.481 e. The van der Waals surface area contributed by atoms with Gasteiger partial charge in [-0.15, -0.1) is 0 Å².